The maximum Gasteiger partial charge on any atom is 0.127 e. The lowest BCUT2D eigenvalue weighted by molar-refractivity contribution is 0.427. The maximum atomic E-state index is 11.7. The quantitative estimate of drug-likeness (QED) is 0.181. The monoisotopic (exact) mass is 686 g/mol. The van der Waals surface area contributed by atoms with E-state index < -0.39 is 0 Å². The van der Waals surface area contributed by atoms with Gasteiger partial charge in [0.05, 0.1) is 0 Å². The van der Waals surface area contributed by atoms with Gasteiger partial charge >= 0.3 is 0 Å². The van der Waals surface area contributed by atoms with Crippen LogP contribution in [0.2, 0.25) is 0 Å². The van der Waals surface area contributed by atoms with Crippen molar-refractivity contribution in [1.82, 2.24) is 0 Å². The summed E-state index contributed by atoms with van der Waals surface area (Å²) in [5.74, 6) is 2.62. The van der Waals surface area contributed by atoms with Crippen LogP contribution in [-0.4, -0.2) is 15.5 Å². The van der Waals surface area contributed by atoms with Gasteiger partial charge in [0.15, 0.2) is 0 Å². The Bertz CT molecular complexity index is 1830. The Kier molecular flexibility index (Phi) is 10.7. The molecule has 0 bridgehead atoms. The van der Waals surface area contributed by atoms with Crippen LogP contribution in [0.1, 0.15) is 113 Å². The number of benzene rings is 4. The Hall–Kier alpha value is -3.43. The van der Waals surface area contributed by atoms with E-state index in [4.69, 9.17) is 0 Å². The van der Waals surface area contributed by atoms with Crippen molar-refractivity contribution in [2.45, 2.75) is 122 Å². The minimum atomic E-state index is -0.0173. The lowest BCUT2D eigenvalue weighted by Crippen LogP contribution is -2.20. The van der Waals surface area contributed by atoms with Crippen LogP contribution in [0.4, 0.5) is 0 Å². The normalized spacial score (nSPS) is 19.8. The van der Waals surface area contributed by atoms with E-state index in [1.165, 1.54) is 60.8 Å². The van der Waals surface area contributed by atoms with Gasteiger partial charge < -0.3 is 10.2 Å². The first kappa shape index (κ1) is 36.4. The molecule has 0 heterocycles. The third kappa shape index (κ3) is 8.37. The van der Waals surface area contributed by atoms with Gasteiger partial charge in [-0.2, -0.15) is 11.8 Å². The van der Waals surface area contributed by atoms with E-state index in [0.717, 1.165) is 45.6 Å². The van der Waals surface area contributed by atoms with Gasteiger partial charge in [-0.15, -0.1) is 0 Å². The van der Waals surface area contributed by atoms with Crippen LogP contribution in [0, 0.1) is 25.7 Å². The fourth-order valence-corrected chi connectivity index (χ4v) is 9.12. The number of phenolic OH excluding ortho intramolecular Hbond substituents is 2. The van der Waals surface area contributed by atoms with Crippen LogP contribution in [0.15, 0.2) is 84.4 Å². The lowest BCUT2D eigenvalue weighted by atomic mass is 9.82. The molecule has 3 atom stereocenters. The van der Waals surface area contributed by atoms with Gasteiger partial charge in [-0.1, -0.05) is 151 Å². The fraction of sp³-hybridized carbons (Fsp3) is 0.447. The second kappa shape index (κ2) is 14.7. The number of phenols is 2. The molecular formula is C47H58O2S. The molecule has 0 amide bonds. The molecule has 4 aromatic rings. The number of hydrogen-bond donors (Lipinski definition) is 2. The minimum absolute atomic E-state index is 0.0157. The van der Waals surface area contributed by atoms with E-state index in [1.807, 2.05) is 0 Å². The summed E-state index contributed by atoms with van der Waals surface area (Å²) in [4.78, 5) is 0. The molecule has 2 aliphatic rings. The molecule has 0 radical (unpaired) electrons. The largest absolute Gasteiger partial charge is 0.507 e. The Morgan fingerprint density at radius 1 is 0.620 bits per heavy atom. The summed E-state index contributed by atoms with van der Waals surface area (Å²) in [6.45, 7) is 17.8. The van der Waals surface area contributed by atoms with Gasteiger partial charge in [-0.05, 0) is 89.8 Å². The Morgan fingerprint density at radius 2 is 1.10 bits per heavy atom. The van der Waals surface area contributed by atoms with E-state index in [2.05, 4.69) is 146 Å². The van der Waals surface area contributed by atoms with Crippen LogP contribution in [-0.2, 0) is 23.0 Å². The molecule has 3 heteroatoms. The molecule has 0 spiro atoms. The van der Waals surface area contributed by atoms with Gasteiger partial charge in [0, 0.05) is 33.6 Å². The Morgan fingerprint density at radius 3 is 1.62 bits per heavy atom. The molecule has 1 fully saturated rings. The summed E-state index contributed by atoms with van der Waals surface area (Å²) in [5.41, 5.74) is 12.7. The molecule has 0 aliphatic heterocycles. The van der Waals surface area contributed by atoms with Crippen molar-refractivity contribution < 1.29 is 10.2 Å². The molecule has 1 saturated carbocycles. The van der Waals surface area contributed by atoms with E-state index in [9.17, 15) is 10.2 Å². The molecule has 2 aliphatic carbocycles. The zero-order chi connectivity index (χ0) is 35.8. The summed E-state index contributed by atoms with van der Waals surface area (Å²) >= 11 is 2.06. The van der Waals surface area contributed by atoms with Crippen molar-refractivity contribution in [1.29, 1.82) is 0 Å². The summed E-state index contributed by atoms with van der Waals surface area (Å²) in [7, 11) is 0. The molecule has 3 unspecified atom stereocenters. The molecule has 4 aromatic carbocycles. The van der Waals surface area contributed by atoms with E-state index in [-0.39, 0.29) is 10.8 Å². The number of rotatable bonds is 8. The summed E-state index contributed by atoms with van der Waals surface area (Å²) in [6, 6.07) is 26.0. The predicted molar refractivity (Wildman–Crippen MR) is 216 cm³/mol. The van der Waals surface area contributed by atoms with Gasteiger partial charge in [-0.3, -0.25) is 0 Å². The van der Waals surface area contributed by atoms with Crippen molar-refractivity contribution in [2.24, 2.45) is 11.8 Å². The van der Waals surface area contributed by atoms with E-state index in [0.29, 0.717) is 28.6 Å². The summed E-state index contributed by atoms with van der Waals surface area (Å²) < 4.78 is 0. The van der Waals surface area contributed by atoms with Gasteiger partial charge in [0.25, 0.3) is 0 Å². The molecule has 2 N–H and O–H groups in total. The number of aryl methyl sites for hydroxylation is 2. The predicted octanol–water partition coefficient (Wildman–Crippen LogP) is 13.0. The molecule has 0 saturated heterocycles. The zero-order valence-electron chi connectivity index (χ0n) is 31.7. The smallest absolute Gasteiger partial charge is 0.127 e. The molecular weight excluding hydrogens is 629 g/mol. The highest BCUT2D eigenvalue weighted by atomic mass is 32.2. The molecule has 0 aromatic heterocycles. The van der Waals surface area contributed by atoms with Crippen LogP contribution in [0.5, 0.6) is 11.5 Å². The number of aromatic hydroxyl groups is 2. The zero-order valence-corrected chi connectivity index (χ0v) is 32.5. The fourth-order valence-electron chi connectivity index (χ4n) is 7.65. The van der Waals surface area contributed by atoms with Crippen molar-refractivity contribution >= 4 is 11.8 Å². The van der Waals surface area contributed by atoms with Crippen molar-refractivity contribution in [3.8, 4) is 33.8 Å². The molecule has 264 valence electrons. The van der Waals surface area contributed by atoms with E-state index in [1.54, 1.807) is 5.57 Å². The second-order valence-corrected chi connectivity index (χ2v) is 18.4. The molecule has 6 rings (SSSR count). The van der Waals surface area contributed by atoms with Gasteiger partial charge in [0.1, 0.15) is 11.5 Å². The molecule has 50 heavy (non-hydrogen) atoms. The average molecular weight is 687 g/mol. The topological polar surface area (TPSA) is 40.5 Å². The van der Waals surface area contributed by atoms with Crippen LogP contribution in [0.3, 0.4) is 0 Å². The second-order valence-electron chi connectivity index (χ2n) is 17.2. The van der Waals surface area contributed by atoms with Crippen LogP contribution in [0.25, 0.3) is 22.3 Å². The third-order valence-corrected chi connectivity index (χ3v) is 12.5. The van der Waals surface area contributed by atoms with Gasteiger partial charge in [-0.25, -0.2) is 0 Å². The van der Waals surface area contributed by atoms with Crippen LogP contribution < -0.4 is 0 Å². The Labute approximate surface area is 306 Å². The molecule has 2 nitrogen and oxygen atoms in total. The minimum Gasteiger partial charge on any atom is -0.507 e. The summed E-state index contributed by atoms with van der Waals surface area (Å²) in [6.07, 6.45) is 11.0. The highest BCUT2D eigenvalue weighted by molar-refractivity contribution is 7.99. The Balaban J connectivity index is 1.24. The first-order valence-corrected chi connectivity index (χ1v) is 19.9. The van der Waals surface area contributed by atoms with Gasteiger partial charge in [0.2, 0.25) is 0 Å². The van der Waals surface area contributed by atoms with Crippen molar-refractivity contribution in [2.75, 3.05) is 0 Å². The first-order valence-electron chi connectivity index (χ1n) is 18.9. The maximum absolute atomic E-state index is 11.7. The SMILES string of the molecule is Cc1ccc(-c2cc(C(C)(C)C)cc(CSC3CCCCCCC3C3=CC3Cc3cc(C(C)(C)C)cc(-c4ccc(C)cc4)c3O)c2O)cc1. The van der Waals surface area contributed by atoms with Crippen molar-refractivity contribution in [3.05, 3.63) is 118 Å². The van der Waals surface area contributed by atoms with Crippen LogP contribution >= 0.6 is 11.8 Å². The number of thioether (sulfide) groups is 1. The van der Waals surface area contributed by atoms with E-state index >= 15 is 0 Å². The number of allylic oxidation sites excluding steroid dienone is 2. The lowest BCUT2D eigenvalue weighted by Gasteiger charge is -2.29. The van der Waals surface area contributed by atoms with Crippen molar-refractivity contribution in [3.63, 3.8) is 0 Å². The number of hydrogen-bond acceptors (Lipinski definition) is 3. The average Bonchev–Trinajstić information content (AvgIpc) is 3.80. The highest BCUT2D eigenvalue weighted by Crippen LogP contribution is 2.50. The summed E-state index contributed by atoms with van der Waals surface area (Å²) in [5, 5.41) is 23.9. The highest BCUT2D eigenvalue weighted by Gasteiger charge is 2.37. The first-order chi connectivity index (χ1) is 23.7. The standard InChI is InChI=1S/C47H58O2S/c1-30-15-19-32(20-16-30)41-27-37(46(3,4)5)24-35(44(41)48)23-34-26-40(34)39-13-11-9-10-12-14-43(39)50-29-36-25-38(47(6,7)8)28-42(45(36)49)33-21-17-31(2)18-22-33/h15-22,24-28,34,39,43,48-49H,9-14,23,29H2,1-8H3. The third-order valence-electron chi connectivity index (χ3n) is 11.1.